The number of unbranched alkanes of at least 4 members (excludes halogenated alkanes) is 1. The summed E-state index contributed by atoms with van der Waals surface area (Å²) in [6, 6.07) is 6.69. The highest BCUT2D eigenvalue weighted by Gasteiger charge is 2.09. The molecule has 0 unspecified atom stereocenters. The quantitative estimate of drug-likeness (QED) is 0.185. The average Bonchev–Trinajstić information content (AvgIpc) is 2.36. The molecule has 0 amide bonds. The second-order valence-corrected chi connectivity index (χ2v) is 6.02. The van der Waals surface area contributed by atoms with Crippen LogP contribution in [0.25, 0.3) is 0 Å². The number of hydrogen-bond acceptors (Lipinski definition) is 3. The number of aliphatic imine (C=N–C) groups is 1. The molecule has 124 valence electrons. The number of nitrogens with one attached hydrogen (secondary N) is 1. The number of rotatable bonds is 6. The Morgan fingerprint density at radius 1 is 1.27 bits per heavy atom. The van der Waals surface area contributed by atoms with E-state index < -0.39 is 0 Å². The van der Waals surface area contributed by atoms with Crippen LogP contribution in [0.5, 0.6) is 0 Å². The average molecular weight is 420 g/mol. The zero-order valence-corrected chi connectivity index (χ0v) is 15.7. The van der Waals surface area contributed by atoms with Crippen LogP contribution in [0.1, 0.15) is 39.2 Å². The Bertz CT molecular complexity index is 495. The van der Waals surface area contributed by atoms with Crippen molar-refractivity contribution in [1.29, 1.82) is 0 Å². The van der Waals surface area contributed by atoms with Gasteiger partial charge in [-0.15, -0.1) is 24.0 Å². The molecule has 0 aliphatic carbocycles. The third-order valence-electron chi connectivity index (χ3n) is 2.81. The second-order valence-electron chi connectivity index (χ2n) is 6.02. The summed E-state index contributed by atoms with van der Waals surface area (Å²) in [7, 11) is 0. The van der Waals surface area contributed by atoms with E-state index in [0.717, 1.165) is 24.8 Å². The van der Waals surface area contributed by atoms with Crippen LogP contribution in [0.3, 0.4) is 0 Å². The molecule has 0 bridgehead atoms. The number of nitro groups is 1. The Hall–Kier alpha value is -1.38. The molecule has 0 fully saturated rings. The SMILES string of the molecule is CC(C)(C)NC(N)=NCCCCc1ccc([N+](=O)[O-])cc1.I. The summed E-state index contributed by atoms with van der Waals surface area (Å²) in [5.41, 5.74) is 6.93. The fourth-order valence-electron chi connectivity index (χ4n) is 1.85. The molecule has 1 aromatic rings. The molecule has 0 spiro atoms. The van der Waals surface area contributed by atoms with Crippen molar-refractivity contribution in [2.75, 3.05) is 6.54 Å². The van der Waals surface area contributed by atoms with Gasteiger partial charge >= 0.3 is 0 Å². The molecule has 0 aliphatic heterocycles. The van der Waals surface area contributed by atoms with Gasteiger partial charge in [0, 0.05) is 24.2 Å². The molecule has 0 heterocycles. The number of aryl methyl sites for hydroxylation is 1. The molecule has 7 heteroatoms. The molecule has 1 aromatic carbocycles. The number of nitrogens with zero attached hydrogens (tertiary/aromatic N) is 2. The number of nitro benzene ring substituents is 1. The van der Waals surface area contributed by atoms with Crippen LogP contribution in [0.15, 0.2) is 29.3 Å². The van der Waals surface area contributed by atoms with Crippen LogP contribution in [-0.4, -0.2) is 23.0 Å². The van der Waals surface area contributed by atoms with E-state index in [1.807, 2.05) is 20.8 Å². The highest BCUT2D eigenvalue weighted by molar-refractivity contribution is 14.0. The molecule has 0 atom stereocenters. The van der Waals surface area contributed by atoms with Crippen molar-refractivity contribution in [2.24, 2.45) is 10.7 Å². The minimum atomic E-state index is -0.385. The highest BCUT2D eigenvalue weighted by atomic mass is 127. The first-order valence-electron chi connectivity index (χ1n) is 7.09. The molecule has 3 N–H and O–H groups in total. The molecule has 22 heavy (non-hydrogen) atoms. The van der Waals surface area contributed by atoms with Crippen molar-refractivity contribution in [1.82, 2.24) is 5.32 Å². The van der Waals surface area contributed by atoms with Crippen LogP contribution >= 0.6 is 24.0 Å². The minimum Gasteiger partial charge on any atom is -0.370 e. The van der Waals surface area contributed by atoms with Gasteiger partial charge in [0.1, 0.15) is 0 Å². The van der Waals surface area contributed by atoms with Gasteiger partial charge in [-0.1, -0.05) is 12.1 Å². The van der Waals surface area contributed by atoms with Crippen molar-refractivity contribution in [2.45, 2.75) is 45.6 Å². The molecule has 1 rings (SSSR count). The number of hydrogen-bond donors (Lipinski definition) is 2. The van der Waals surface area contributed by atoms with E-state index >= 15 is 0 Å². The summed E-state index contributed by atoms with van der Waals surface area (Å²) in [6.07, 6.45) is 2.80. The van der Waals surface area contributed by atoms with Crippen molar-refractivity contribution in [3.63, 3.8) is 0 Å². The lowest BCUT2D eigenvalue weighted by atomic mass is 10.1. The largest absolute Gasteiger partial charge is 0.370 e. The predicted molar refractivity (Wildman–Crippen MR) is 101 cm³/mol. The van der Waals surface area contributed by atoms with Crippen LogP contribution in [0, 0.1) is 10.1 Å². The lowest BCUT2D eigenvalue weighted by Gasteiger charge is -2.20. The third kappa shape index (κ3) is 8.81. The first-order valence-corrected chi connectivity index (χ1v) is 7.09. The van der Waals surface area contributed by atoms with Crippen molar-refractivity contribution < 1.29 is 4.92 Å². The molecular formula is C15H25IN4O2. The van der Waals surface area contributed by atoms with Gasteiger partial charge in [0.25, 0.3) is 5.69 Å². The highest BCUT2D eigenvalue weighted by Crippen LogP contribution is 2.13. The second kappa shape index (κ2) is 9.60. The number of non-ortho nitro benzene ring substituents is 1. The maximum absolute atomic E-state index is 10.5. The first kappa shape index (κ1) is 20.6. The molecule has 0 saturated carbocycles. The van der Waals surface area contributed by atoms with Crippen LogP contribution in [0.4, 0.5) is 5.69 Å². The number of nitrogens with two attached hydrogens (primary N) is 1. The summed E-state index contributed by atoms with van der Waals surface area (Å²) in [5, 5.41) is 13.7. The molecular weight excluding hydrogens is 395 g/mol. The lowest BCUT2D eigenvalue weighted by Crippen LogP contribution is -2.45. The van der Waals surface area contributed by atoms with Gasteiger partial charge in [0.15, 0.2) is 5.96 Å². The van der Waals surface area contributed by atoms with Gasteiger partial charge in [-0.25, -0.2) is 0 Å². The zero-order valence-electron chi connectivity index (χ0n) is 13.3. The van der Waals surface area contributed by atoms with Crippen LogP contribution in [-0.2, 0) is 6.42 Å². The standard InChI is InChI=1S/C15H24N4O2.HI/c1-15(2,3)18-14(16)17-11-5-4-6-12-7-9-13(10-8-12)19(20)21;/h7-10H,4-6,11H2,1-3H3,(H3,16,17,18);1H. The van der Waals surface area contributed by atoms with Gasteiger partial charge < -0.3 is 11.1 Å². The fourth-order valence-corrected chi connectivity index (χ4v) is 1.85. The zero-order chi connectivity index (χ0) is 15.9. The van der Waals surface area contributed by atoms with Gasteiger partial charge in [-0.05, 0) is 45.6 Å². The Morgan fingerprint density at radius 3 is 2.36 bits per heavy atom. The molecule has 0 radical (unpaired) electrons. The van der Waals surface area contributed by atoms with Crippen molar-refractivity contribution in [3.8, 4) is 0 Å². The molecule has 0 aliphatic rings. The molecule has 0 aromatic heterocycles. The monoisotopic (exact) mass is 420 g/mol. The van der Waals surface area contributed by atoms with E-state index in [-0.39, 0.29) is 40.1 Å². The maximum Gasteiger partial charge on any atom is 0.269 e. The van der Waals surface area contributed by atoms with E-state index in [2.05, 4.69) is 10.3 Å². The van der Waals surface area contributed by atoms with Crippen LogP contribution in [0.2, 0.25) is 0 Å². The van der Waals surface area contributed by atoms with Gasteiger partial charge in [0.05, 0.1) is 4.92 Å². The van der Waals surface area contributed by atoms with Crippen molar-refractivity contribution >= 4 is 35.6 Å². The topological polar surface area (TPSA) is 93.5 Å². The fraction of sp³-hybridized carbons (Fsp3) is 0.533. The maximum atomic E-state index is 10.5. The number of guanidine groups is 1. The smallest absolute Gasteiger partial charge is 0.269 e. The number of benzene rings is 1. The molecule has 6 nitrogen and oxygen atoms in total. The van der Waals surface area contributed by atoms with Gasteiger partial charge in [0.2, 0.25) is 0 Å². The number of halogens is 1. The minimum absolute atomic E-state index is 0. The molecule has 0 saturated heterocycles. The summed E-state index contributed by atoms with van der Waals surface area (Å²) in [4.78, 5) is 14.4. The Balaban J connectivity index is 0.00000441. The summed E-state index contributed by atoms with van der Waals surface area (Å²) < 4.78 is 0. The first-order chi connectivity index (χ1) is 9.78. The summed E-state index contributed by atoms with van der Waals surface area (Å²) in [6.45, 7) is 6.78. The summed E-state index contributed by atoms with van der Waals surface area (Å²) >= 11 is 0. The Morgan fingerprint density at radius 2 is 1.86 bits per heavy atom. The summed E-state index contributed by atoms with van der Waals surface area (Å²) in [5.74, 6) is 0.470. The van der Waals surface area contributed by atoms with E-state index in [4.69, 9.17) is 5.73 Å². The Kier molecular flexibility index (Phi) is 9.00. The van der Waals surface area contributed by atoms with Gasteiger partial charge in [-0.3, -0.25) is 15.1 Å². The lowest BCUT2D eigenvalue weighted by molar-refractivity contribution is -0.384. The third-order valence-corrected chi connectivity index (χ3v) is 2.81. The predicted octanol–water partition coefficient (Wildman–Crippen LogP) is 3.24. The van der Waals surface area contributed by atoms with E-state index in [1.165, 1.54) is 0 Å². The van der Waals surface area contributed by atoms with E-state index in [1.54, 1.807) is 24.3 Å². The normalized spacial score (nSPS) is 11.7. The van der Waals surface area contributed by atoms with E-state index in [9.17, 15) is 10.1 Å². The Labute approximate surface area is 148 Å². The van der Waals surface area contributed by atoms with Crippen LogP contribution < -0.4 is 11.1 Å². The van der Waals surface area contributed by atoms with Gasteiger partial charge in [-0.2, -0.15) is 0 Å². The van der Waals surface area contributed by atoms with E-state index in [0.29, 0.717) is 12.5 Å². The van der Waals surface area contributed by atoms with Crippen molar-refractivity contribution in [3.05, 3.63) is 39.9 Å².